The fourth-order valence-electron chi connectivity index (χ4n) is 3.76. The molecule has 0 bridgehead atoms. The molecule has 0 radical (unpaired) electrons. The molecule has 1 N–H and O–H groups in total. The number of methoxy groups -OCH3 is 1. The van der Waals surface area contributed by atoms with Crippen molar-refractivity contribution < 1.29 is 27.1 Å². The van der Waals surface area contributed by atoms with E-state index in [9.17, 15) is 22.4 Å². The van der Waals surface area contributed by atoms with E-state index in [0.717, 1.165) is 40.6 Å². The minimum Gasteiger partial charge on any atom is -0.497 e. The molecule has 0 aliphatic rings. The lowest BCUT2D eigenvalue weighted by molar-refractivity contribution is -0.139. The quantitative estimate of drug-likeness (QED) is 0.374. The SMILES string of the molecule is CCCNC(=O)[C@@H](C)N(Cc1ccc(OC)cc1)C(=O)CN(c1ccccc1)S(=O)(=O)c1ccc(F)cc1. The lowest BCUT2D eigenvalue weighted by Crippen LogP contribution is -2.51. The van der Waals surface area contributed by atoms with Crippen LogP contribution in [-0.4, -0.2) is 51.4 Å². The van der Waals surface area contributed by atoms with E-state index in [0.29, 0.717) is 12.3 Å². The highest BCUT2D eigenvalue weighted by Gasteiger charge is 2.32. The van der Waals surface area contributed by atoms with Gasteiger partial charge in [0.05, 0.1) is 17.7 Å². The van der Waals surface area contributed by atoms with Gasteiger partial charge in [-0.1, -0.05) is 37.3 Å². The molecule has 3 rings (SSSR count). The van der Waals surface area contributed by atoms with Crippen LogP contribution in [0, 0.1) is 5.82 Å². The summed E-state index contributed by atoms with van der Waals surface area (Å²) in [6, 6.07) is 18.8. The summed E-state index contributed by atoms with van der Waals surface area (Å²) in [7, 11) is -2.69. The lowest BCUT2D eigenvalue weighted by Gasteiger charge is -2.32. The summed E-state index contributed by atoms with van der Waals surface area (Å²) >= 11 is 0. The Labute approximate surface area is 223 Å². The summed E-state index contributed by atoms with van der Waals surface area (Å²) < 4.78 is 46.9. The molecule has 8 nitrogen and oxygen atoms in total. The van der Waals surface area contributed by atoms with Crippen molar-refractivity contribution in [2.45, 2.75) is 37.8 Å². The fourth-order valence-corrected chi connectivity index (χ4v) is 5.18. The number of benzene rings is 3. The molecule has 0 aromatic heterocycles. The minimum absolute atomic E-state index is 0.0722. The van der Waals surface area contributed by atoms with Crippen LogP contribution in [0.1, 0.15) is 25.8 Å². The second-order valence-corrected chi connectivity index (χ2v) is 10.5. The van der Waals surface area contributed by atoms with Gasteiger partial charge in [-0.25, -0.2) is 12.8 Å². The number of carbonyl (C=O) groups excluding carboxylic acids is 2. The van der Waals surface area contributed by atoms with E-state index in [4.69, 9.17) is 4.74 Å². The number of sulfonamides is 1. The first-order valence-corrected chi connectivity index (χ1v) is 13.6. The molecule has 3 aromatic carbocycles. The molecule has 0 aliphatic heterocycles. The number of para-hydroxylation sites is 1. The molecule has 202 valence electrons. The molecule has 0 saturated carbocycles. The highest BCUT2D eigenvalue weighted by atomic mass is 32.2. The number of carbonyl (C=O) groups is 2. The molecule has 38 heavy (non-hydrogen) atoms. The summed E-state index contributed by atoms with van der Waals surface area (Å²) in [5.41, 5.74) is 1.000. The van der Waals surface area contributed by atoms with Crippen LogP contribution in [0.5, 0.6) is 5.75 Å². The van der Waals surface area contributed by atoms with Crippen LogP contribution in [0.2, 0.25) is 0 Å². The van der Waals surface area contributed by atoms with Crippen molar-refractivity contribution in [3.8, 4) is 5.75 Å². The molecule has 10 heteroatoms. The molecule has 0 unspecified atom stereocenters. The van der Waals surface area contributed by atoms with E-state index in [-0.39, 0.29) is 23.0 Å². The van der Waals surface area contributed by atoms with E-state index < -0.39 is 34.3 Å². The van der Waals surface area contributed by atoms with Crippen molar-refractivity contribution >= 4 is 27.5 Å². The average molecular weight is 542 g/mol. The number of amides is 2. The maximum Gasteiger partial charge on any atom is 0.264 e. The molecule has 0 fully saturated rings. The summed E-state index contributed by atoms with van der Waals surface area (Å²) in [5, 5.41) is 2.80. The zero-order valence-electron chi connectivity index (χ0n) is 21.6. The van der Waals surface area contributed by atoms with Gasteiger partial charge in [-0.3, -0.25) is 13.9 Å². The Kier molecular flexibility index (Phi) is 9.84. The summed E-state index contributed by atoms with van der Waals surface area (Å²) in [5.74, 6) is -0.860. The predicted molar refractivity (Wildman–Crippen MR) is 144 cm³/mol. The second-order valence-electron chi connectivity index (χ2n) is 8.64. The molecule has 0 saturated heterocycles. The number of ether oxygens (including phenoxy) is 1. The third-order valence-corrected chi connectivity index (χ3v) is 7.74. The van der Waals surface area contributed by atoms with Crippen LogP contribution in [-0.2, 0) is 26.2 Å². The van der Waals surface area contributed by atoms with Gasteiger partial charge in [-0.2, -0.15) is 0 Å². The van der Waals surface area contributed by atoms with Gasteiger partial charge in [0, 0.05) is 13.1 Å². The molecule has 0 spiro atoms. The minimum atomic E-state index is -4.24. The van der Waals surface area contributed by atoms with Gasteiger partial charge in [0.15, 0.2) is 0 Å². The van der Waals surface area contributed by atoms with Crippen LogP contribution in [0.3, 0.4) is 0 Å². The van der Waals surface area contributed by atoms with Gasteiger partial charge in [-0.15, -0.1) is 0 Å². The number of halogens is 1. The Hall–Kier alpha value is -3.92. The van der Waals surface area contributed by atoms with Crippen molar-refractivity contribution in [3.63, 3.8) is 0 Å². The molecule has 1 atom stereocenters. The Balaban J connectivity index is 1.98. The number of nitrogens with one attached hydrogen (secondary N) is 1. The first-order valence-electron chi connectivity index (χ1n) is 12.2. The molecule has 0 heterocycles. The Morgan fingerprint density at radius 3 is 2.18 bits per heavy atom. The standard InChI is InChI=1S/C28H32FN3O5S/c1-4-18-30-28(34)21(2)31(19-22-10-14-25(37-3)15-11-22)27(33)20-32(24-8-6-5-7-9-24)38(35,36)26-16-12-23(29)13-17-26/h5-17,21H,4,18-20H2,1-3H3,(H,30,34)/t21-/m1/s1. The van der Waals surface area contributed by atoms with Crippen molar-refractivity contribution in [1.82, 2.24) is 10.2 Å². The third-order valence-electron chi connectivity index (χ3n) is 5.95. The molecule has 0 aliphatic carbocycles. The normalized spacial score (nSPS) is 11.9. The van der Waals surface area contributed by atoms with E-state index in [1.807, 2.05) is 6.92 Å². The molecular formula is C28H32FN3O5S. The predicted octanol–water partition coefficient (Wildman–Crippen LogP) is 3.97. The first-order chi connectivity index (χ1) is 18.2. The zero-order valence-corrected chi connectivity index (χ0v) is 22.4. The van der Waals surface area contributed by atoms with Gasteiger partial charge in [0.1, 0.15) is 24.2 Å². The zero-order chi connectivity index (χ0) is 27.7. The van der Waals surface area contributed by atoms with Crippen LogP contribution >= 0.6 is 0 Å². The van der Waals surface area contributed by atoms with Gasteiger partial charge in [0.25, 0.3) is 10.0 Å². The summed E-state index contributed by atoms with van der Waals surface area (Å²) in [6.07, 6.45) is 0.725. The van der Waals surface area contributed by atoms with Gasteiger partial charge < -0.3 is 15.0 Å². The van der Waals surface area contributed by atoms with Crippen LogP contribution in [0.4, 0.5) is 10.1 Å². The van der Waals surface area contributed by atoms with Crippen LogP contribution in [0.25, 0.3) is 0 Å². The summed E-state index contributed by atoms with van der Waals surface area (Å²) in [4.78, 5) is 27.8. The number of rotatable bonds is 12. The number of anilines is 1. The molecular weight excluding hydrogens is 509 g/mol. The van der Waals surface area contributed by atoms with Crippen LogP contribution < -0.4 is 14.4 Å². The van der Waals surface area contributed by atoms with Crippen molar-refractivity contribution in [3.05, 3.63) is 90.2 Å². The Morgan fingerprint density at radius 2 is 1.61 bits per heavy atom. The van der Waals surface area contributed by atoms with E-state index >= 15 is 0 Å². The number of nitrogens with zero attached hydrogens (tertiary/aromatic N) is 2. The highest BCUT2D eigenvalue weighted by Crippen LogP contribution is 2.25. The lowest BCUT2D eigenvalue weighted by atomic mass is 10.1. The Bertz CT molecular complexity index is 1320. The van der Waals surface area contributed by atoms with Crippen LogP contribution in [0.15, 0.2) is 83.8 Å². The topological polar surface area (TPSA) is 96.0 Å². The number of hydrogen-bond donors (Lipinski definition) is 1. The summed E-state index contributed by atoms with van der Waals surface area (Å²) in [6.45, 7) is 3.48. The monoisotopic (exact) mass is 541 g/mol. The molecule has 2 amide bonds. The highest BCUT2D eigenvalue weighted by molar-refractivity contribution is 7.92. The maximum absolute atomic E-state index is 13.8. The third kappa shape index (κ3) is 7.10. The van der Waals surface area contributed by atoms with E-state index in [1.165, 1.54) is 4.90 Å². The average Bonchev–Trinajstić information content (AvgIpc) is 2.93. The van der Waals surface area contributed by atoms with Gasteiger partial charge in [-0.05, 0) is 67.4 Å². The maximum atomic E-state index is 13.8. The van der Waals surface area contributed by atoms with Crippen molar-refractivity contribution in [2.24, 2.45) is 0 Å². The van der Waals surface area contributed by atoms with Gasteiger partial charge in [0.2, 0.25) is 11.8 Å². The Morgan fingerprint density at radius 1 is 0.974 bits per heavy atom. The molecule has 3 aromatic rings. The van der Waals surface area contributed by atoms with Crippen molar-refractivity contribution in [1.29, 1.82) is 0 Å². The van der Waals surface area contributed by atoms with Crippen molar-refractivity contribution in [2.75, 3.05) is 24.5 Å². The van der Waals surface area contributed by atoms with Gasteiger partial charge >= 0.3 is 0 Å². The van der Waals surface area contributed by atoms with E-state index in [1.54, 1.807) is 68.6 Å². The first kappa shape index (κ1) is 28.6. The smallest absolute Gasteiger partial charge is 0.264 e. The number of hydrogen-bond acceptors (Lipinski definition) is 5. The second kappa shape index (κ2) is 13.0. The largest absolute Gasteiger partial charge is 0.497 e. The fraction of sp³-hybridized carbons (Fsp3) is 0.286. The van der Waals surface area contributed by atoms with E-state index in [2.05, 4.69) is 5.32 Å².